The maximum Gasteiger partial charge on any atom is 0.408 e. The second-order valence-electron chi connectivity index (χ2n) is 7.82. The molecule has 0 saturated carbocycles. The molecule has 0 spiro atoms. The first-order valence-electron chi connectivity index (χ1n) is 9.13. The number of oxazole rings is 3. The largest absolute Gasteiger partial charge is 0.476 e. The van der Waals surface area contributed by atoms with Crippen LogP contribution in [0.4, 0.5) is 4.79 Å². The van der Waals surface area contributed by atoms with Gasteiger partial charge in [0.05, 0.1) is 0 Å². The van der Waals surface area contributed by atoms with E-state index in [4.69, 9.17) is 23.1 Å². The quantitative estimate of drug-likeness (QED) is 0.602. The molecule has 2 N–H and O–H groups in total. The van der Waals surface area contributed by atoms with Crippen LogP contribution in [-0.4, -0.2) is 37.7 Å². The average molecular weight is 418 g/mol. The number of carbonyl (C=O) groups excluding carboxylic acids is 1. The van der Waals surface area contributed by atoms with Crippen LogP contribution >= 0.6 is 0 Å². The number of carboxylic acids is 1. The highest BCUT2D eigenvalue weighted by molar-refractivity contribution is 5.85. The van der Waals surface area contributed by atoms with E-state index in [2.05, 4.69) is 20.3 Å². The molecule has 0 saturated heterocycles. The number of nitrogens with zero attached hydrogens (tertiary/aromatic N) is 3. The van der Waals surface area contributed by atoms with Gasteiger partial charge in [-0.05, 0) is 26.7 Å². The van der Waals surface area contributed by atoms with Crippen LogP contribution in [0.2, 0.25) is 0 Å². The zero-order valence-electron chi connectivity index (χ0n) is 17.1. The smallest absolute Gasteiger partial charge is 0.408 e. The van der Waals surface area contributed by atoms with Crippen molar-refractivity contribution < 1.29 is 32.7 Å². The fourth-order valence-corrected chi connectivity index (χ4v) is 2.46. The maximum atomic E-state index is 12.1. The second-order valence-corrected chi connectivity index (χ2v) is 7.82. The van der Waals surface area contributed by atoms with Crippen LogP contribution in [-0.2, 0) is 4.74 Å². The minimum absolute atomic E-state index is 0.00207. The third kappa shape index (κ3) is 4.85. The first kappa shape index (κ1) is 21.1. The SMILES string of the molecule is CC(C)C(NC(=O)OC(C)(C)C)c1nc(-c2nc(-c3nc(C(=O)O)co3)co2)co1. The summed E-state index contributed by atoms with van der Waals surface area (Å²) in [6.07, 6.45) is 3.03. The number of hydrogen-bond donors (Lipinski definition) is 2. The monoisotopic (exact) mass is 418 g/mol. The van der Waals surface area contributed by atoms with Gasteiger partial charge < -0.3 is 28.4 Å². The van der Waals surface area contributed by atoms with Gasteiger partial charge >= 0.3 is 12.1 Å². The molecule has 11 nitrogen and oxygen atoms in total. The summed E-state index contributed by atoms with van der Waals surface area (Å²) in [6, 6.07) is -0.534. The van der Waals surface area contributed by atoms with Crippen molar-refractivity contribution in [3.8, 4) is 23.2 Å². The van der Waals surface area contributed by atoms with E-state index in [1.54, 1.807) is 20.8 Å². The van der Waals surface area contributed by atoms with Gasteiger partial charge in [-0.25, -0.2) is 24.5 Å². The van der Waals surface area contributed by atoms with E-state index in [-0.39, 0.29) is 40.7 Å². The Kier molecular flexibility index (Phi) is 5.63. The van der Waals surface area contributed by atoms with Crippen molar-refractivity contribution >= 4 is 12.1 Å². The predicted molar refractivity (Wildman–Crippen MR) is 101 cm³/mol. The van der Waals surface area contributed by atoms with Crippen LogP contribution in [0.25, 0.3) is 23.2 Å². The summed E-state index contributed by atoms with van der Waals surface area (Å²) in [5, 5.41) is 11.7. The number of carboxylic acid groups (broad SMARTS) is 1. The lowest BCUT2D eigenvalue weighted by atomic mass is 10.0. The predicted octanol–water partition coefficient (Wildman–Crippen LogP) is 3.90. The number of amides is 1. The first-order chi connectivity index (χ1) is 14.0. The molecule has 1 unspecified atom stereocenters. The summed E-state index contributed by atoms with van der Waals surface area (Å²) in [6.45, 7) is 9.12. The maximum absolute atomic E-state index is 12.1. The minimum atomic E-state index is -1.22. The Morgan fingerprint density at radius 2 is 1.60 bits per heavy atom. The van der Waals surface area contributed by atoms with Crippen LogP contribution in [0.15, 0.2) is 32.0 Å². The molecule has 0 fully saturated rings. The van der Waals surface area contributed by atoms with Gasteiger partial charge in [-0.2, -0.15) is 0 Å². The summed E-state index contributed by atoms with van der Waals surface area (Å²) >= 11 is 0. The van der Waals surface area contributed by atoms with Gasteiger partial charge in [0.2, 0.25) is 17.7 Å². The van der Waals surface area contributed by atoms with Gasteiger partial charge in [-0.15, -0.1) is 0 Å². The molecule has 3 aromatic rings. The molecule has 0 aromatic carbocycles. The Labute approximate surface area is 171 Å². The molecular weight excluding hydrogens is 396 g/mol. The molecule has 3 rings (SSSR count). The van der Waals surface area contributed by atoms with E-state index < -0.39 is 23.7 Å². The third-order valence-corrected chi connectivity index (χ3v) is 3.79. The fourth-order valence-electron chi connectivity index (χ4n) is 2.46. The molecule has 0 aliphatic carbocycles. The molecule has 0 aliphatic rings. The van der Waals surface area contributed by atoms with Crippen LogP contribution in [0.1, 0.15) is 57.0 Å². The van der Waals surface area contributed by atoms with Gasteiger partial charge in [-0.1, -0.05) is 13.8 Å². The van der Waals surface area contributed by atoms with E-state index >= 15 is 0 Å². The minimum Gasteiger partial charge on any atom is -0.476 e. The van der Waals surface area contributed by atoms with Crippen LogP contribution < -0.4 is 5.32 Å². The van der Waals surface area contributed by atoms with Gasteiger partial charge in [0.25, 0.3) is 0 Å². The van der Waals surface area contributed by atoms with Crippen molar-refractivity contribution in [2.75, 3.05) is 0 Å². The molecule has 0 bridgehead atoms. The Balaban J connectivity index is 1.78. The lowest BCUT2D eigenvalue weighted by molar-refractivity contribution is 0.0478. The summed E-state index contributed by atoms with van der Waals surface area (Å²) in [5.74, 6) is -0.875. The van der Waals surface area contributed by atoms with Crippen molar-refractivity contribution in [1.82, 2.24) is 20.3 Å². The highest BCUT2D eigenvalue weighted by Crippen LogP contribution is 2.27. The van der Waals surface area contributed by atoms with Crippen molar-refractivity contribution in [3.63, 3.8) is 0 Å². The van der Waals surface area contributed by atoms with Gasteiger partial charge in [0, 0.05) is 0 Å². The number of alkyl carbamates (subject to hydrolysis) is 1. The molecule has 0 radical (unpaired) electrons. The topological polar surface area (TPSA) is 154 Å². The molecule has 0 aliphatic heterocycles. The van der Waals surface area contributed by atoms with Crippen LogP contribution in [0.5, 0.6) is 0 Å². The normalized spacial score (nSPS) is 12.7. The number of hydrogen-bond acceptors (Lipinski definition) is 9. The lowest BCUT2D eigenvalue weighted by Gasteiger charge is -2.24. The van der Waals surface area contributed by atoms with E-state index in [1.165, 1.54) is 12.5 Å². The molecule has 1 amide bonds. The molecular formula is C19H22N4O7. The first-order valence-corrected chi connectivity index (χ1v) is 9.13. The molecule has 11 heteroatoms. The molecule has 3 heterocycles. The van der Waals surface area contributed by atoms with Crippen LogP contribution in [0.3, 0.4) is 0 Å². The van der Waals surface area contributed by atoms with E-state index in [1.807, 2.05) is 13.8 Å². The van der Waals surface area contributed by atoms with Crippen molar-refractivity contribution in [2.45, 2.75) is 46.3 Å². The summed E-state index contributed by atoms with van der Waals surface area (Å²) in [4.78, 5) is 35.4. The van der Waals surface area contributed by atoms with Crippen LogP contribution in [0, 0.1) is 5.92 Å². The molecule has 160 valence electrons. The Morgan fingerprint density at radius 3 is 2.20 bits per heavy atom. The van der Waals surface area contributed by atoms with Crippen molar-refractivity contribution in [1.29, 1.82) is 0 Å². The second kappa shape index (κ2) is 8.01. The summed E-state index contributed by atoms with van der Waals surface area (Å²) in [5.41, 5.74) is -0.388. The van der Waals surface area contributed by atoms with Crippen molar-refractivity contribution in [3.05, 3.63) is 30.4 Å². The standard InChI is InChI=1S/C19H22N4O7/c1-9(2)13(23-18(26)30-19(3,4)5)16-21-11(7-29-16)14-20-10(6-27-14)15-22-12(8-28-15)17(24)25/h6-9,13H,1-5H3,(H,23,26)(H,24,25). The summed E-state index contributed by atoms with van der Waals surface area (Å²) < 4.78 is 21.3. The number of aromatic carboxylic acids is 1. The number of nitrogens with one attached hydrogen (secondary N) is 1. The Hall–Kier alpha value is -3.63. The Bertz CT molecular complexity index is 1040. The fraction of sp³-hybridized carbons (Fsp3) is 0.421. The third-order valence-electron chi connectivity index (χ3n) is 3.79. The lowest BCUT2D eigenvalue weighted by Crippen LogP contribution is -2.37. The number of aromatic nitrogens is 3. The van der Waals surface area contributed by atoms with Gasteiger partial charge in [-0.3, -0.25) is 0 Å². The molecule has 3 aromatic heterocycles. The van der Waals surface area contributed by atoms with E-state index in [9.17, 15) is 9.59 Å². The molecule has 1 atom stereocenters. The van der Waals surface area contributed by atoms with Gasteiger partial charge in [0.15, 0.2) is 17.1 Å². The average Bonchev–Trinajstić information content (AvgIpc) is 3.36. The number of carbonyl (C=O) groups is 2. The number of ether oxygens (including phenoxy) is 1. The zero-order valence-corrected chi connectivity index (χ0v) is 17.1. The van der Waals surface area contributed by atoms with Gasteiger partial charge in [0.1, 0.15) is 30.4 Å². The van der Waals surface area contributed by atoms with Crippen molar-refractivity contribution in [2.24, 2.45) is 5.92 Å². The number of rotatable bonds is 6. The highest BCUT2D eigenvalue weighted by atomic mass is 16.6. The zero-order chi connectivity index (χ0) is 22.1. The van der Waals surface area contributed by atoms with E-state index in [0.29, 0.717) is 0 Å². The highest BCUT2D eigenvalue weighted by Gasteiger charge is 2.27. The molecule has 30 heavy (non-hydrogen) atoms. The Morgan fingerprint density at radius 1 is 1.00 bits per heavy atom. The van der Waals surface area contributed by atoms with E-state index in [0.717, 1.165) is 6.26 Å². The summed E-state index contributed by atoms with van der Waals surface area (Å²) in [7, 11) is 0.